The fraction of sp³-hybridized carbons (Fsp3) is 1.00. The lowest BCUT2D eigenvalue weighted by atomic mass is 9.73. The highest BCUT2D eigenvalue weighted by atomic mass is 16.5. The largest absolute Gasteiger partial charge is 0.378 e. The molecule has 0 aromatic rings. The maximum Gasteiger partial charge on any atom is 0.0547 e. The van der Waals surface area contributed by atoms with Crippen LogP contribution in [-0.2, 0) is 4.74 Å². The zero-order valence-electron chi connectivity index (χ0n) is 9.59. The summed E-state index contributed by atoms with van der Waals surface area (Å²) in [5.74, 6) is 0. The van der Waals surface area contributed by atoms with Crippen molar-refractivity contribution in [1.29, 1.82) is 0 Å². The third-order valence-electron chi connectivity index (χ3n) is 4.16. The quantitative estimate of drug-likeness (QED) is 0.591. The van der Waals surface area contributed by atoms with Crippen LogP contribution >= 0.6 is 0 Å². The van der Waals surface area contributed by atoms with E-state index in [9.17, 15) is 0 Å². The Morgan fingerprint density at radius 3 is 2.57 bits per heavy atom. The number of piperidine rings is 1. The van der Waals surface area contributed by atoms with E-state index in [1.807, 2.05) is 0 Å². The molecule has 2 fully saturated rings. The van der Waals surface area contributed by atoms with Gasteiger partial charge in [-0.3, -0.25) is 0 Å². The Hall–Kier alpha value is -0.0800. The first kappa shape index (κ1) is 10.4. The summed E-state index contributed by atoms with van der Waals surface area (Å²) in [5.41, 5.74) is 0.636. The van der Waals surface area contributed by atoms with E-state index in [0.717, 1.165) is 6.61 Å². The standard InChI is InChI=1S/C12H23NO/c1-11-3-4-12(7-10-14-11)5-8-13(2)9-6-12/h11H,3-10H2,1-2H3. The van der Waals surface area contributed by atoms with Crippen LogP contribution in [0.15, 0.2) is 0 Å². The van der Waals surface area contributed by atoms with Gasteiger partial charge in [-0.05, 0) is 64.6 Å². The molecule has 0 amide bonds. The molecule has 0 bridgehead atoms. The van der Waals surface area contributed by atoms with Crippen LogP contribution in [0.4, 0.5) is 0 Å². The monoisotopic (exact) mass is 197 g/mol. The second kappa shape index (κ2) is 4.19. The summed E-state index contributed by atoms with van der Waals surface area (Å²) in [6.45, 7) is 5.78. The van der Waals surface area contributed by atoms with Gasteiger partial charge in [-0.25, -0.2) is 0 Å². The van der Waals surface area contributed by atoms with Gasteiger partial charge in [-0.15, -0.1) is 0 Å². The van der Waals surface area contributed by atoms with Crippen molar-refractivity contribution in [2.75, 3.05) is 26.7 Å². The maximum absolute atomic E-state index is 5.74. The van der Waals surface area contributed by atoms with Crippen molar-refractivity contribution >= 4 is 0 Å². The van der Waals surface area contributed by atoms with E-state index >= 15 is 0 Å². The van der Waals surface area contributed by atoms with Crippen LogP contribution in [0.25, 0.3) is 0 Å². The first-order valence-electron chi connectivity index (χ1n) is 6.00. The topological polar surface area (TPSA) is 12.5 Å². The Morgan fingerprint density at radius 1 is 1.14 bits per heavy atom. The summed E-state index contributed by atoms with van der Waals surface area (Å²) < 4.78 is 5.74. The fourth-order valence-electron chi connectivity index (χ4n) is 2.79. The number of ether oxygens (including phenoxy) is 1. The van der Waals surface area contributed by atoms with Crippen LogP contribution < -0.4 is 0 Å². The highest BCUT2D eigenvalue weighted by molar-refractivity contribution is 4.87. The summed E-state index contributed by atoms with van der Waals surface area (Å²) in [4.78, 5) is 2.46. The molecule has 1 spiro atoms. The van der Waals surface area contributed by atoms with Gasteiger partial charge < -0.3 is 9.64 Å². The Morgan fingerprint density at radius 2 is 1.86 bits per heavy atom. The normalized spacial score (nSPS) is 34.3. The zero-order chi connectivity index (χ0) is 10.0. The van der Waals surface area contributed by atoms with Gasteiger partial charge >= 0.3 is 0 Å². The molecule has 0 N–H and O–H groups in total. The van der Waals surface area contributed by atoms with E-state index < -0.39 is 0 Å². The molecule has 0 aromatic carbocycles. The molecule has 82 valence electrons. The van der Waals surface area contributed by atoms with Crippen LogP contribution in [0.5, 0.6) is 0 Å². The van der Waals surface area contributed by atoms with Crippen LogP contribution in [0.3, 0.4) is 0 Å². The molecule has 2 aliphatic heterocycles. The molecule has 2 aliphatic rings. The van der Waals surface area contributed by atoms with E-state index in [4.69, 9.17) is 4.74 Å². The lowest BCUT2D eigenvalue weighted by Crippen LogP contribution is -2.38. The molecule has 2 heteroatoms. The van der Waals surface area contributed by atoms with Gasteiger partial charge in [0.05, 0.1) is 6.10 Å². The van der Waals surface area contributed by atoms with Crippen molar-refractivity contribution < 1.29 is 4.74 Å². The highest BCUT2D eigenvalue weighted by Crippen LogP contribution is 2.41. The van der Waals surface area contributed by atoms with Gasteiger partial charge in [0.2, 0.25) is 0 Å². The van der Waals surface area contributed by atoms with Gasteiger partial charge in [0.1, 0.15) is 0 Å². The van der Waals surface area contributed by atoms with Crippen molar-refractivity contribution in [1.82, 2.24) is 4.90 Å². The van der Waals surface area contributed by atoms with Crippen molar-refractivity contribution in [3.8, 4) is 0 Å². The van der Waals surface area contributed by atoms with E-state index in [2.05, 4.69) is 18.9 Å². The predicted octanol–water partition coefficient (Wildman–Crippen LogP) is 2.29. The average Bonchev–Trinajstić information content (AvgIpc) is 2.36. The average molecular weight is 197 g/mol. The van der Waals surface area contributed by atoms with Crippen molar-refractivity contribution in [3.63, 3.8) is 0 Å². The minimum Gasteiger partial charge on any atom is -0.378 e. The smallest absolute Gasteiger partial charge is 0.0547 e. The summed E-state index contributed by atoms with van der Waals surface area (Å²) in [6, 6.07) is 0. The van der Waals surface area contributed by atoms with E-state index in [1.54, 1.807) is 0 Å². The van der Waals surface area contributed by atoms with E-state index in [0.29, 0.717) is 11.5 Å². The first-order chi connectivity index (χ1) is 6.70. The molecule has 2 heterocycles. The Kier molecular flexibility index (Phi) is 3.13. The maximum atomic E-state index is 5.74. The molecule has 0 aromatic heterocycles. The number of hydrogen-bond acceptors (Lipinski definition) is 2. The molecule has 14 heavy (non-hydrogen) atoms. The first-order valence-corrected chi connectivity index (χ1v) is 6.00. The highest BCUT2D eigenvalue weighted by Gasteiger charge is 2.35. The Bertz CT molecular complexity index is 179. The Balaban J connectivity index is 1.94. The molecule has 2 saturated heterocycles. The fourth-order valence-corrected chi connectivity index (χ4v) is 2.79. The number of likely N-dealkylation sites (tertiary alicyclic amines) is 1. The zero-order valence-corrected chi connectivity index (χ0v) is 9.59. The third-order valence-corrected chi connectivity index (χ3v) is 4.16. The van der Waals surface area contributed by atoms with Gasteiger partial charge in [0.25, 0.3) is 0 Å². The minimum atomic E-state index is 0.494. The van der Waals surface area contributed by atoms with Crippen molar-refractivity contribution in [2.45, 2.75) is 45.1 Å². The predicted molar refractivity (Wildman–Crippen MR) is 58.4 cm³/mol. The summed E-state index contributed by atoms with van der Waals surface area (Å²) >= 11 is 0. The number of nitrogens with zero attached hydrogens (tertiary/aromatic N) is 1. The van der Waals surface area contributed by atoms with Crippen molar-refractivity contribution in [3.05, 3.63) is 0 Å². The van der Waals surface area contributed by atoms with Crippen LogP contribution in [0.2, 0.25) is 0 Å². The molecular formula is C12H23NO. The van der Waals surface area contributed by atoms with Crippen molar-refractivity contribution in [2.24, 2.45) is 5.41 Å². The molecule has 2 nitrogen and oxygen atoms in total. The number of rotatable bonds is 0. The van der Waals surface area contributed by atoms with E-state index in [-0.39, 0.29) is 0 Å². The molecule has 1 atom stereocenters. The van der Waals surface area contributed by atoms with Crippen LogP contribution in [-0.4, -0.2) is 37.7 Å². The van der Waals surface area contributed by atoms with Gasteiger partial charge in [-0.2, -0.15) is 0 Å². The molecule has 1 unspecified atom stereocenters. The lowest BCUT2D eigenvalue weighted by Gasteiger charge is -2.40. The number of hydrogen-bond donors (Lipinski definition) is 0. The minimum absolute atomic E-state index is 0.494. The second-order valence-corrected chi connectivity index (χ2v) is 5.27. The lowest BCUT2D eigenvalue weighted by molar-refractivity contribution is 0.0595. The molecular weight excluding hydrogens is 174 g/mol. The molecule has 0 radical (unpaired) electrons. The summed E-state index contributed by atoms with van der Waals surface area (Å²) in [7, 11) is 2.24. The van der Waals surface area contributed by atoms with Crippen LogP contribution in [0, 0.1) is 5.41 Å². The molecule has 0 aliphatic carbocycles. The summed E-state index contributed by atoms with van der Waals surface area (Å²) in [5, 5.41) is 0. The van der Waals surface area contributed by atoms with Gasteiger partial charge in [0, 0.05) is 6.61 Å². The summed E-state index contributed by atoms with van der Waals surface area (Å²) in [6.07, 6.45) is 7.23. The molecule has 0 saturated carbocycles. The third kappa shape index (κ3) is 2.29. The van der Waals surface area contributed by atoms with Gasteiger partial charge in [-0.1, -0.05) is 0 Å². The second-order valence-electron chi connectivity index (χ2n) is 5.27. The Labute approximate surface area is 87.6 Å². The van der Waals surface area contributed by atoms with E-state index in [1.165, 1.54) is 45.2 Å². The SMILES string of the molecule is CC1CCC2(CCO1)CCN(C)CC2. The molecule has 2 rings (SSSR count). The van der Waals surface area contributed by atoms with Gasteiger partial charge in [0.15, 0.2) is 0 Å². The van der Waals surface area contributed by atoms with Crippen LogP contribution in [0.1, 0.15) is 39.0 Å².